The van der Waals surface area contributed by atoms with Gasteiger partial charge in [-0.25, -0.2) is 9.97 Å². The van der Waals surface area contributed by atoms with E-state index < -0.39 is 0 Å². The number of aromatic nitrogens is 3. The lowest BCUT2D eigenvalue weighted by molar-refractivity contribution is 0.0993. The minimum atomic E-state index is -0.139. The van der Waals surface area contributed by atoms with Gasteiger partial charge in [-0.15, -0.1) is 0 Å². The van der Waals surface area contributed by atoms with Crippen molar-refractivity contribution in [2.45, 2.75) is 32.6 Å². The molecule has 1 aliphatic rings. The average Bonchev–Trinajstić information content (AvgIpc) is 3.28. The number of benzene rings is 1. The summed E-state index contributed by atoms with van der Waals surface area (Å²) < 4.78 is 0. The normalized spacial score (nSPS) is 13.5. The number of nitrogens with one attached hydrogen (secondary N) is 1. The predicted octanol–water partition coefficient (Wildman–Crippen LogP) is 5.51. The van der Waals surface area contributed by atoms with Crippen LogP contribution in [0.25, 0.3) is 0 Å². The highest BCUT2D eigenvalue weighted by Gasteiger charge is 2.17. The topological polar surface area (TPSA) is 71.0 Å². The third kappa shape index (κ3) is 5.14. The van der Waals surface area contributed by atoms with Gasteiger partial charge in [-0.3, -0.25) is 4.79 Å². The number of carbonyl (C=O) groups is 1. The molecule has 6 nitrogen and oxygen atoms in total. The molecule has 0 saturated carbocycles. The molecule has 1 N–H and O–H groups in total. The maximum atomic E-state index is 12.8. The Morgan fingerprint density at radius 2 is 1.81 bits per heavy atom. The molecule has 0 radical (unpaired) electrons. The van der Waals surface area contributed by atoms with E-state index in [4.69, 9.17) is 23.2 Å². The van der Waals surface area contributed by atoms with Gasteiger partial charge in [0, 0.05) is 37.5 Å². The Balaban J connectivity index is 1.54. The number of anilines is 3. The molecule has 2 aromatic heterocycles. The highest BCUT2D eigenvalue weighted by Crippen LogP contribution is 2.26. The molecule has 0 bridgehead atoms. The van der Waals surface area contributed by atoms with Crippen LogP contribution in [0.4, 0.5) is 17.6 Å². The molecule has 4 rings (SSSR count). The number of pyridine rings is 1. The quantitative estimate of drug-likeness (QED) is 0.473. The Bertz CT molecular complexity index is 1080. The highest BCUT2D eigenvalue weighted by molar-refractivity contribution is 6.39. The number of nitrogens with zero attached hydrogens (tertiary/aromatic N) is 4. The molecule has 0 aliphatic carbocycles. The fraction of sp³-hybridized carbons (Fsp3) is 0.304. The van der Waals surface area contributed by atoms with E-state index in [-0.39, 0.29) is 12.2 Å². The lowest BCUT2D eigenvalue weighted by Crippen LogP contribution is -2.21. The van der Waals surface area contributed by atoms with Crippen LogP contribution in [0.1, 0.15) is 41.4 Å². The lowest BCUT2D eigenvalue weighted by atomic mass is 10.0. The number of rotatable bonds is 7. The van der Waals surface area contributed by atoms with Crippen molar-refractivity contribution in [3.63, 3.8) is 0 Å². The van der Waals surface area contributed by atoms with Crippen molar-refractivity contribution in [2.75, 3.05) is 23.3 Å². The molecule has 160 valence electrons. The zero-order chi connectivity index (χ0) is 21.8. The molecule has 1 aliphatic heterocycles. The van der Waals surface area contributed by atoms with Crippen LogP contribution in [0.3, 0.4) is 0 Å². The summed E-state index contributed by atoms with van der Waals surface area (Å²) in [6.07, 6.45) is 4.98. The highest BCUT2D eigenvalue weighted by atomic mass is 35.5. The van der Waals surface area contributed by atoms with Crippen molar-refractivity contribution in [1.29, 1.82) is 0 Å². The summed E-state index contributed by atoms with van der Waals surface area (Å²) in [6.45, 7) is 4.03. The third-order valence-electron chi connectivity index (χ3n) is 5.21. The van der Waals surface area contributed by atoms with Crippen molar-refractivity contribution in [1.82, 2.24) is 15.0 Å². The average molecular weight is 456 g/mol. The van der Waals surface area contributed by atoms with E-state index in [1.54, 1.807) is 30.5 Å². The summed E-state index contributed by atoms with van der Waals surface area (Å²) in [5, 5.41) is 3.97. The molecule has 3 heterocycles. The van der Waals surface area contributed by atoms with Crippen molar-refractivity contribution in [2.24, 2.45) is 0 Å². The Kier molecular flexibility index (Phi) is 6.68. The van der Waals surface area contributed by atoms with Crippen LogP contribution in [0.2, 0.25) is 10.0 Å². The number of ketones is 1. The maximum absolute atomic E-state index is 12.8. The Labute approximate surface area is 191 Å². The predicted molar refractivity (Wildman–Crippen MR) is 125 cm³/mol. The molecule has 0 amide bonds. The molecular weight excluding hydrogens is 433 g/mol. The third-order valence-corrected chi connectivity index (χ3v) is 5.84. The van der Waals surface area contributed by atoms with Crippen LogP contribution in [-0.4, -0.2) is 33.8 Å². The number of carbonyl (C=O) groups excluding carboxylic acids is 1. The van der Waals surface area contributed by atoms with Crippen LogP contribution in [0.15, 0.2) is 42.6 Å². The fourth-order valence-corrected chi connectivity index (χ4v) is 4.22. The molecule has 0 spiro atoms. The van der Waals surface area contributed by atoms with Gasteiger partial charge < -0.3 is 10.2 Å². The second-order valence-corrected chi connectivity index (χ2v) is 8.28. The summed E-state index contributed by atoms with van der Waals surface area (Å²) in [4.78, 5) is 28.7. The van der Waals surface area contributed by atoms with E-state index in [9.17, 15) is 4.79 Å². The fourth-order valence-electron chi connectivity index (χ4n) is 3.61. The van der Waals surface area contributed by atoms with Crippen molar-refractivity contribution >= 4 is 46.6 Å². The van der Waals surface area contributed by atoms with Gasteiger partial charge in [0.25, 0.3) is 0 Å². The lowest BCUT2D eigenvalue weighted by Gasteiger charge is -2.17. The second kappa shape index (κ2) is 9.62. The van der Waals surface area contributed by atoms with Crippen LogP contribution in [0.5, 0.6) is 0 Å². The second-order valence-electron chi connectivity index (χ2n) is 7.46. The monoisotopic (exact) mass is 455 g/mol. The van der Waals surface area contributed by atoms with Gasteiger partial charge in [-0.2, -0.15) is 4.98 Å². The Morgan fingerprint density at radius 3 is 2.52 bits per heavy atom. The molecule has 0 atom stereocenters. The molecule has 1 fully saturated rings. The largest absolute Gasteiger partial charge is 0.341 e. The molecule has 31 heavy (non-hydrogen) atoms. The van der Waals surface area contributed by atoms with Gasteiger partial charge in [0.05, 0.1) is 15.6 Å². The minimum absolute atomic E-state index is 0.139. The zero-order valence-electron chi connectivity index (χ0n) is 17.2. The van der Waals surface area contributed by atoms with Crippen molar-refractivity contribution in [3.8, 4) is 0 Å². The van der Waals surface area contributed by atoms with Gasteiger partial charge in [0.1, 0.15) is 11.6 Å². The SMILES string of the molecule is CCc1cc(Nc2cc(CC(=O)c3c(Cl)cccc3Cl)ccn2)nc(N2CCCC2)n1. The van der Waals surface area contributed by atoms with Gasteiger partial charge >= 0.3 is 0 Å². The summed E-state index contributed by atoms with van der Waals surface area (Å²) in [5.74, 6) is 1.92. The van der Waals surface area contributed by atoms with Gasteiger partial charge in [0.2, 0.25) is 5.95 Å². The zero-order valence-corrected chi connectivity index (χ0v) is 18.7. The molecular formula is C23H23Cl2N5O. The van der Waals surface area contributed by atoms with Crippen LogP contribution < -0.4 is 10.2 Å². The number of Topliss-reactive ketones (excluding diaryl/α,β-unsaturated/α-hetero) is 1. The van der Waals surface area contributed by atoms with E-state index in [1.165, 1.54) is 0 Å². The molecule has 0 unspecified atom stereocenters. The number of halogens is 2. The van der Waals surface area contributed by atoms with E-state index >= 15 is 0 Å². The van der Waals surface area contributed by atoms with E-state index in [0.29, 0.717) is 27.2 Å². The Morgan fingerprint density at radius 1 is 1.06 bits per heavy atom. The Hall–Kier alpha value is -2.70. The van der Waals surface area contributed by atoms with Crippen LogP contribution >= 0.6 is 23.2 Å². The van der Waals surface area contributed by atoms with E-state index in [2.05, 4.69) is 32.1 Å². The first-order valence-corrected chi connectivity index (χ1v) is 11.1. The maximum Gasteiger partial charge on any atom is 0.227 e. The number of hydrogen-bond acceptors (Lipinski definition) is 6. The summed E-state index contributed by atoms with van der Waals surface area (Å²) in [5.41, 5.74) is 2.12. The van der Waals surface area contributed by atoms with Gasteiger partial charge in [-0.1, -0.05) is 36.2 Å². The van der Waals surface area contributed by atoms with Crippen molar-refractivity contribution in [3.05, 3.63) is 69.5 Å². The number of hydrogen-bond donors (Lipinski definition) is 1. The van der Waals surface area contributed by atoms with Gasteiger partial charge in [0.15, 0.2) is 5.78 Å². The van der Waals surface area contributed by atoms with Crippen LogP contribution in [0, 0.1) is 0 Å². The first-order valence-electron chi connectivity index (χ1n) is 10.4. The molecule has 3 aromatic rings. The summed E-state index contributed by atoms with van der Waals surface area (Å²) >= 11 is 12.4. The smallest absolute Gasteiger partial charge is 0.227 e. The van der Waals surface area contributed by atoms with Gasteiger partial charge in [-0.05, 0) is 49.1 Å². The summed E-state index contributed by atoms with van der Waals surface area (Å²) in [6, 6.07) is 10.6. The first-order chi connectivity index (χ1) is 15.0. The molecule has 1 saturated heterocycles. The summed E-state index contributed by atoms with van der Waals surface area (Å²) in [7, 11) is 0. The van der Waals surface area contributed by atoms with E-state index in [0.717, 1.165) is 49.6 Å². The van der Waals surface area contributed by atoms with E-state index in [1.807, 2.05) is 12.1 Å². The molecule has 8 heteroatoms. The number of aryl methyl sites for hydroxylation is 1. The first kappa shape index (κ1) is 21.5. The van der Waals surface area contributed by atoms with Crippen molar-refractivity contribution < 1.29 is 4.79 Å². The standard InChI is InChI=1S/C23H23Cl2N5O/c1-2-16-14-21(29-23(27-16)30-10-3-4-11-30)28-20-13-15(8-9-26-20)12-19(31)22-17(24)6-5-7-18(22)25/h5-9,13-14H,2-4,10-12H2,1H3,(H,26,27,28,29). The minimum Gasteiger partial charge on any atom is -0.341 e. The molecule has 1 aromatic carbocycles. The van der Waals surface area contributed by atoms with Crippen LogP contribution in [-0.2, 0) is 12.8 Å².